The van der Waals surface area contributed by atoms with Gasteiger partial charge in [-0.15, -0.1) is 0 Å². The van der Waals surface area contributed by atoms with Gasteiger partial charge in [0.15, 0.2) is 11.0 Å². The second-order valence-corrected chi connectivity index (χ2v) is 5.66. The van der Waals surface area contributed by atoms with E-state index in [0.29, 0.717) is 36.8 Å². The van der Waals surface area contributed by atoms with E-state index in [1.54, 1.807) is 0 Å². The van der Waals surface area contributed by atoms with Crippen LogP contribution in [-0.2, 0) is 11.2 Å². The fourth-order valence-corrected chi connectivity index (χ4v) is 2.87. The number of aryl methyl sites for hydroxylation is 1. The summed E-state index contributed by atoms with van der Waals surface area (Å²) in [4.78, 5) is 31.6. The Hall–Kier alpha value is -1.80. The molecule has 2 unspecified atom stereocenters. The van der Waals surface area contributed by atoms with Crippen LogP contribution in [0.3, 0.4) is 0 Å². The molecule has 1 aromatic rings. The second kappa shape index (κ2) is 7.65. The fraction of sp³-hybridized carbons (Fsp3) is 0.643. The third-order valence-corrected chi connectivity index (χ3v) is 4.14. The van der Waals surface area contributed by atoms with Crippen molar-refractivity contribution in [3.63, 3.8) is 0 Å². The number of likely N-dealkylation sites (tertiary alicyclic amines) is 1. The van der Waals surface area contributed by atoms with Crippen molar-refractivity contribution in [1.29, 1.82) is 0 Å². The first-order valence-corrected chi connectivity index (χ1v) is 7.98. The molecule has 2 amide bonds. The van der Waals surface area contributed by atoms with Crippen LogP contribution in [0.15, 0.2) is 0 Å². The number of H-pyrrole nitrogens is 1. The molecule has 1 fully saturated rings. The summed E-state index contributed by atoms with van der Waals surface area (Å²) in [6, 6.07) is -0.271. The van der Waals surface area contributed by atoms with E-state index in [2.05, 4.69) is 15.3 Å². The topological polar surface area (TPSA) is 108 Å². The van der Waals surface area contributed by atoms with Gasteiger partial charge in [-0.2, -0.15) is 0 Å². The SMILES string of the molecule is CCOC1CN(C(=O)O)CCC1NC(=O)c1nc(Cl)c(CC)[nH]1. The number of halogens is 1. The first-order valence-electron chi connectivity index (χ1n) is 7.60. The Labute approximate surface area is 139 Å². The monoisotopic (exact) mass is 344 g/mol. The molecule has 0 aromatic carbocycles. The number of carbonyl (C=O) groups is 2. The molecule has 8 nitrogen and oxygen atoms in total. The molecule has 1 saturated heterocycles. The molecule has 0 spiro atoms. The number of rotatable bonds is 5. The lowest BCUT2D eigenvalue weighted by molar-refractivity contribution is -0.0112. The zero-order valence-corrected chi connectivity index (χ0v) is 13.9. The lowest BCUT2D eigenvalue weighted by atomic mass is 10.0. The summed E-state index contributed by atoms with van der Waals surface area (Å²) < 4.78 is 5.59. The van der Waals surface area contributed by atoms with Crippen molar-refractivity contribution in [2.75, 3.05) is 19.7 Å². The minimum absolute atomic E-state index is 0.155. The van der Waals surface area contributed by atoms with E-state index in [-0.39, 0.29) is 30.4 Å². The third kappa shape index (κ3) is 4.14. The highest BCUT2D eigenvalue weighted by Crippen LogP contribution is 2.17. The van der Waals surface area contributed by atoms with Crippen LogP contribution in [0.5, 0.6) is 0 Å². The van der Waals surface area contributed by atoms with Crippen molar-refractivity contribution < 1.29 is 19.4 Å². The number of hydrogen-bond acceptors (Lipinski definition) is 4. The Morgan fingerprint density at radius 2 is 2.26 bits per heavy atom. The summed E-state index contributed by atoms with van der Waals surface area (Å²) in [5.74, 6) is -0.215. The van der Waals surface area contributed by atoms with Crippen molar-refractivity contribution in [2.45, 2.75) is 38.8 Å². The van der Waals surface area contributed by atoms with Gasteiger partial charge < -0.3 is 25.0 Å². The molecule has 9 heteroatoms. The van der Waals surface area contributed by atoms with E-state index in [0.717, 1.165) is 0 Å². The van der Waals surface area contributed by atoms with Gasteiger partial charge in [0.2, 0.25) is 0 Å². The summed E-state index contributed by atoms with van der Waals surface area (Å²) in [5.41, 5.74) is 0.707. The summed E-state index contributed by atoms with van der Waals surface area (Å²) in [7, 11) is 0. The van der Waals surface area contributed by atoms with Gasteiger partial charge >= 0.3 is 6.09 Å². The van der Waals surface area contributed by atoms with Gasteiger partial charge in [-0.1, -0.05) is 18.5 Å². The molecule has 1 aliphatic heterocycles. The second-order valence-electron chi connectivity index (χ2n) is 5.30. The van der Waals surface area contributed by atoms with Gasteiger partial charge in [0.05, 0.1) is 24.4 Å². The highest BCUT2D eigenvalue weighted by atomic mass is 35.5. The van der Waals surface area contributed by atoms with Crippen LogP contribution in [0.25, 0.3) is 0 Å². The number of aromatic nitrogens is 2. The van der Waals surface area contributed by atoms with Crippen LogP contribution in [-0.4, -0.2) is 63.8 Å². The lowest BCUT2D eigenvalue weighted by Gasteiger charge is -2.37. The Kier molecular flexibility index (Phi) is 5.84. The van der Waals surface area contributed by atoms with Gasteiger partial charge in [-0.3, -0.25) is 4.79 Å². The van der Waals surface area contributed by atoms with E-state index in [1.807, 2.05) is 13.8 Å². The van der Waals surface area contributed by atoms with Crippen molar-refractivity contribution >= 4 is 23.6 Å². The number of carbonyl (C=O) groups excluding carboxylic acids is 1. The summed E-state index contributed by atoms with van der Waals surface area (Å²) in [6.07, 6.45) is -0.232. The highest BCUT2D eigenvalue weighted by Gasteiger charge is 2.33. The number of carboxylic acid groups (broad SMARTS) is 1. The molecule has 1 aliphatic rings. The van der Waals surface area contributed by atoms with E-state index < -0.39 is 6.09 Å². The van der Waals surface area contributed by atoms with E-state index in [4.69, 9.17) is 21.4 Å². The van der Waals surface area contributed by atoms with E-state index >= 15 is 0 Å². The molecule has 2 heterocycles. The quantitative estimate of drug-likeness (QED) is 0.750. The minimum atomic E-state index is -0.982. The number of hydrogen-bond donors (Lipinski definition) is 3. The number of piperidine rings is 1. The average Bonchev–Trinajstić information content (AvgIpc) is 2.90. The average molecular weight is 345 g/mol. The lowest BCUT2D eigenvalue weighted by Crippen LogP contribution is -2.56. The number of aromatic amines is 1. The number of ether oxygens (including phenoxy) is 1. The van der Waals surface area contributed by atoms with Crippen LogP contribution in [0.4, 0.5) is 4.79 Å². The minimum Gasteiger partial charge on any atom is -0.465 e. The standard InChI is InChI=1S/C14H21ClN4O4/c1-3-8-11(15)18-12(16-8)13(20)17-9-5-6-19(14(21)22)7-10(9)23-4-2/h9-10H,3-7H2,1-2H3,(H,16,18)(H,17,20)(H,21,22). The Morgan fingerprint density at radius 3 is 2.83 bits per heavy atom. The van der Waals surface area contributed by atoms with Crippen LogP contribution in [0.2, 0.25) is 5.15 Å². The predicted molar refractivity (Wildman–Crippen MR) is 83.9 cm³/mol. The molecule has 2 rings (SSSR count). The zero-order chi connectivity index (χ0) is 17.0. The molecule has 0 bridgehead atoms. The van der Waals surface area contributed by atoms with Gasteiger partial charge in [-0.25, -0.2) is 9.78 Å². The fourth-order valence-electron chi connectivity index (χ4n) is 2.60. The number of amides is 2. The summed E-state index contributed by atoms with van der Waals surface area (Å²) >= 11 is 5.95. The normalized spacial score (nSPS) is 21.3. The van der Waals surface area contributed by atoms with Crippen LogP contribution in [0.1, 0.15) is 36.6 Å². The van der Waals surface area contributed by atoms with Gasteiger partial charge in [0.1, 0.15) is 0 Å². The molecule has 23 heavy (non-hydrogen) atoms. The maximum atomic E-state index is 12.3. The maximum Gasteiger partial charge on any atom is 0.407 e. The van der Waals surface area contributed by atoms with Crippen molar-refractivity contribution in [1.82, 2.24) is 20.2 Å². The number of imidazole rings is 1. The first kappa shape index (κ1) is 17.6. The largest absolute Gasteiger partial charge is 0.465 e. The molecule has 1 aromatic heterocycles. The molecule has 128 valence electrons. The molecular formula is C14H21ClN4O4. The Morgan fingerprint density at radius 1 is 1.52 bits per heavy atom. The van der Waals surface area contributed by atoms with Gasteiger partial charge in [0.25, 0.3) is 5.91 Å². The van der Waals surface area contributed by atoms with Gasteiger partial charge in [-0.05, 0) is 19.8 Å². The van der Waals surface area contributed by atoms with Crippen molar-refractivity contribution in [3.8, 4) is 0 Å². The first-order chi connectivity index (χ1) is 11.0. The molecular weight excluding hydrogens is 324 g/mol. The number of nitrogens with one attached hydrogen (secondary N) is 2. The smallest absolute Gasteiger partial charge is 0.407 e. The predicted octanol–water partition coefficient (Wildman–Crippen LogP) is 1.51. The van der Waals surface area contributed by atoms with E-state index in [9.17, 15) is 9.59 Å². The number of nitrogens with zero attached hydrogens (tertiary/aromatic N) is 2. The van der Waals surface area contributed by atoms with Gasteiger partial charge in [0, 0.05) is 13.2 Å². The van der Waals surface area contributed by atoms with Crippen molar-refractivity contribution in [2.24, 2.45) is 0 Å². The van der Waals surface area contributed by atoms with Crippen LogP contribution < -0.4 is 5.32 Å². The van der Waals surface area contributed by atoms with Crippen molar-refractivity contribution in [3.05, 3.63) is 16.7 Å². The molecule has 0 aliphatic carbocycles. The molecule has 0 saturated carbocycles. The molecule has 3 N–H and O–H groups in total. The Balaban J connectivity index is 2.04. The van der Waals surface area contributed by atoms with Crippen LogP contribution >= 0.6 is 11.6 Å². The molecule has 2 atom stereocenters. The van der Waals surface area contributed by atoms with E-state index in [1.165, 1.54) is 4.90 Å². The maximum absolute atomic E-state index is 12.3. The summed E-state index contributed by atoms with van der Waals surface area (Å²) in [6.45, 7) is 4.76. The highest BCUT2D eigenvalue weighted by molar-refractivity contribution is 6.30. The zero-order valence-electron chi connectivity index (χ0n) is 13.1. The third-order valence-electron chi connectivity index (χ3n) is 3.82. The Bertz CT molecular complexity index is 577. The summed E-state index contributed by atoms with van der Waals surface area (Å²) in [5, 5.41) is 12.2. The van der Waals surface area contributed by atoms with Crippen LogP contribution in [0, 0.1) is 0 Å². The molecule has 0 radical (unpaired) electrons.